The van der Waals surface area contributed by atoms with Crippen LogP contribution in [0.2, 0.25) is 0 Å². The Hall–Kier alpha value is -2.91. The van der Waals surface area contributed by atoms with E-state index in [9.17, 15) is 14.7 Å². The smallest absolute Gasteiger partial charge is 0.329 e. The molecule has 2 aromatic heterocycles. The van der Waals surface area contributed by atoms with Crippen LogP contribution in [-0.2, 0) is 20.1 Å². The summed E-state index contributed by atoms with van der Waals surface area (Å²) < 4.78 is 3.07. The summed E-state index contributed by atoms with van der Waals surface area (Å²) >= 11 is 0. The monoisotopic (exact) mass is 398 g/mol. The van der Waals surface area contributed by atoms with Crippen molar-refractivity contribution in [3.05, 3.63) is 56.7 Å². The number of fused-ring (bicyclic) bond motifs is 1. The van der Waals surface area contributed by atoms with Gasteiger partial charge in [-0.25, -0.2) is 4.79 Å². The fourth-order valence-electron chi connectivity index (χ4n) is 3.85. The third-order valence-corrected chi connectivity index (χ3v) is 5.34. The van der Waals surface area contributed by atoms with Crippen LogP contribution in [0, 0.1) is 0 Å². The predicted octanol–water partition coefficient (Wildman–Crippen LogP) is 0.126. The second kappa shape index (κ2) is 7.84. The van der Waals surface area contributed by atoms with Crippen molar-refractivity contribution < 1.29 is 5.11 Å². The van der Waals surface area contributed by atoms with Crippen molar-refractivity contribution in [3.8, 4) is 0 Å². The molecule has 3 heterocycles. The zero-order valence-electron chi connectivity index (χ0n) is 16.7. The molecule has 0 saturated carbocycles. The molecule has 1 aromatic carbocycles. The summed E-state index contributed by atoms with van der Waals surface area (Å²) in [6, 6.07) is 10.4. The number of nitrogens with zero attached hydrogens (tertiary/aromatic N) is 5. The van der Waals surface area contributed by atoms with Crippen molar-refractivity contribution >= 4 is 17.1 Å². The molecule has 0 aliphatic carbocycles. The van der Waals surface area contributed by atoms with Gasteiger partial charge in [0.15, 0.2) is 11.2 Å². The summed E-state index contributed by atoms with van der Waals surface area (Å²) in [5, 5.41) is 9.97. The maximum absolute atomic E-state index is 12.5. The molecule has 1 aliphatic rings. The Morgan fingerprint density at radius 3 is 2.48 bits per heavy atom. The maximum Gasteiger partial charge on any atom is 0.329 e. The summed E-state index contributed by atoms with van der Waals surface area (Å²) in [5.74, 6) is 0.618. The standard InChI is InChI=1S/C20H26N6O3/c1-14(27)12-26-16-17(23(2)20(29)22-18(16)28)21-19(26)25-10-8-24(9-11-25)13-15-6-4-3-5-7-15/h3-7,14,27H,8-13H2,1-2H3,(H,22,28,29)/t14-/m0/s1. The van der Waals surface area contributed by atoms with E-state index in [4.69, 9.17) is 0 Å². The summed E-state index contributed by atoms with van der Waals surface area (Å²) in [6.45, 7) is 6.03. The number of aromatic nitrogens is 4. The molecule has 9 heteroatoms. The number of aryl methyl sites for hydroxylation is 1. The maximum atomic E-state index is 12.5. The molecule has 2 N–H and O–H groups in total. The van der Waals surface area contributed by atoms with Gasteiger partial charge in [0.05, 0.1) is 12.6 Å². The molecular formula is C20H26N6O3. The van der Waals surface area contributed by atoms with Gasteiger partial charge >= 0.3 is 5.69 Å². The normalized spacial score (nSPS) is 16.4. The zero-order chi connectivity index (χ0) is 20.5. The minimum atomic E-state index is -0.651. The van der Waals surface area contributed by atoms with E-state index in [1.54, 1.807) is 18.5 Å². The lowest BCUT2D eigenvalue weighted by molar-refractivity contribution is 0.174. The van der Waals surface area contributed by atoms with Crippen LogP contribution >= 0.6 is 0 Å². The van der Waals surface area contributed by atoms with Crippen molar-refractivity contribution in [2.75, 3.05) is 31.1 Å². The highest BCUT2D eigenvalue weighted by molar-refractivity contribution is 5.74. The van der Waals surface area contributed by atoms with E-state index in [1.807, 2.05) is 18.2 Å². The largest absolute Gasteiger partial charge is 0.392 e. The number of aliphatic hydroxyl groups excluding tert-OH is 1. The Kier molecular flexibility index (Phi) is 5.25. The van der Waals surface area contributed by atoms with Crippen LogP contribution in [0.4, 0.5) is 5.95 Å². The number of piperazine rings is 1. The zero-order valence-corrected chi connectivity index (χ0v) is 16.7. The molecule has 154 valence electrons. The Morgan fingerprint density at radius 2 is 1.83 bits per heavy atom. The number of aromatic amines is 1. The number of hydrogen-bond donors (Lipinski definition) is 2. The molecule has 0 spiro atoms. The molecule has 3 aromatic rings. The molecule has 0 bridgehead atoms. The van der Waals surface area contributed by atoms with Gasteiger partial charge in [-0.15, -0.1) is 0 Å². The highest BCUT2D eigenvalue weighted by Gasteiger charge is 2.25. The SMILES string of the molecule is C[C@H](O)Cn1c(N2CCN(Cc3ccccc3)CC2)nc2c1c(=O)[nH]c(=O)n2C. The van der Waals surface area contributed by atoms with E-state index in [2.05, 4.69) is 31.9 Å². The van der Waals surface area contributed by atoms with E-state index in [-0.39, 0.29) is 6.54 Å². The van der Waals surface area contributed by atoms with Crippen molar-refractivity contribution in [3.63, 3.8) is 0 Å². The Morgan fingerprint density at radius 1 is 1.14 bits per heavy atom. The Balaban J connectivity index is 1.62. The molecule has 1 fully saturated rings. The average molecular weight is 398 g/mol. The number of anilines is 1. The summed E-state index contributed by atoms with van der Waals surface area (Å²) in [7, 11) is 1.59. The van der Waals surface area contributed by atoms with E-state index < -0.39 is 17.4 Å². The minimum Gasteiger partial charge on any atom is -0.392 e. The van der Waals surface area contributed by atoms with Crippen molar-refractivity contribution in [1.29, 1.82) is 0 Å². The molecule has 0 unspecified atom stereocenters. The van der Waals surface area contributed by atoms with E-state index in [0.29, 0.717) is 17.1 Å². The first-order valence-corrected chi connectivity index (χ1v) is 9.83. The molecule has 0 radical (unpaired) electrons. The highest BCUT2D eigenvalue weighted by atomic mass is 16.3. The minimum absolute atomic E-state index is 0.233. The van der Waals surface area contributed by atoms with Gasteiger partial charge in [-0.3, -0.25) is 19.2 Å². The summed E-state index contributed by atoms with van der Waals surface area (Å²) in [5.41, 5.74) is 0.952. The Bertz CT molecular complexity index is 1110. The van der Waals surface area contributed by atoms with Crippen molar-refractivity contribution in [2.45, 2.75) is 26.1 Å². The molecule has 1 saturated heterocycles. The van der Waals surface area contributed by atoms with E-state index in [0.717, 1.165) is 32.7 Å². The number of rotatable bonds is 5. The second-order valence-electron chi connectivity index (χ2n) is 7.61. The van der Waals surface area contributed by atoms with Crippen molar-refractivity contribution in [1.82, 2.24) is 24.0 Å². The molecule has 1 atom stereocenters. The van der Waals surface area contributed by atoms with Gasteiger partial charge in [-0.1, -0.05) is 30.3 Å². The average Bonchev–Trinajstić information content (AvgIpc) is 3.07. The van der Waals surface area contributed by atoms with E-state index in [1.165, 1.54) is 10.1 Å². The number of aliphatic hydroxyl groups is 1. The molecule has 0 amide bonds. The first kappa shape index (κ1) is 19.4. The van der Waals surface area contributed by atoms with Gasteiger partial charge in [-0.2, -0.15) is 4.98 Å². The number of hydrogen-bond acceptors (Lipinski definition) is 6. The summed E-state index contributed by atoms with van der Waals surface area (Å²) in [4.78, 5) is 35.9. The first-order valence-electron chi connectivity index (χ1n) is 9.83. The van der Waals surface area contributed by atoms with Gasteiger partial charge < -0.3 is 14.6 Å². The van der Waals surface area contributed by atoms with Gasteiger partial charge in [0.25, 0.3) is 5.56 Å². The van der Waals surface area contributed by atoms with E-state index >= 15 is 0 Å². The fraction of sp³-hybridized carbons (Fsp3) is 0.450. The molecule has 4 rings (SSSR count). The molecule has 9 nitrogen and oxygen atoms in total. The van der Waals surface area contributed by atoms with Gasteiger partial charge in [0, 0.05) is 39.8 Å². The van der Waals surface area contributed by atoms with Crippen LogP contribution in [0.25, 0.3) is 11.2 Å². The number of nitrogens with one attached hydrogen (secondary N) is 1. The molecular weight excluding hydrogens is 372 g/mol. The van der Waals surface area contributed by atoms with Crippen LogP contribution < -0.4 is 16.1 Å². The van der Waals surface area contributed by atoms with Crippen LogP contribution in [-0.4, -0.2) is 61.4 Å². The lowest BCUT2D eigenvalue weighted by Crippen LogP contribution is -2.47. The molecule has 1 aliphatic heterocycles. The third-order valence-electron chi connectivity index (χ3n) is 5.34. The fourth-order valence-corrected chi connectivity index (χ4v) is 3.85. The second-order valence-corrected chi connectivity index (χ2v) is 7.61. The molecule has 29 heavy (non-hydrogen) atoms. The van der Waals surface area contributed by atoms with Gasteiger partial charge in [-0.05, 0) is 12.5 Å². The van der Waals surface area contributed by atoms with Crippen LogP contribution in [0.15, 0.2) is 39.9 Å². The van der Waals surface area contributed by atoms with Crippen LogP contribution in [0.3, 0.4) is 0 Å². The third kappa shape index (κ3) is 3.83. The van der Waals surface area contributed by atoms with Gasteiger partial charge in [0.1, 0.15) is 0 Å². The van der Waals surface area contributed by atoms with Crippen LogP contribution in [0.5, 0.6) is 0 Å². The summed E-state index contributed by atoms with van der Waals surface area (Å²) in [6.07, 6.45) is -0.651. The Labute approximate surface area is 167 Å². The lowest BCUT2D eigenvalue weighted by Gasteiger charge is -2.35. The quantitative estimate of drug-likeness (QED) is 0.634. The lowest BCUT2D eigenvalue weighted by atomic mass is 10.2. The first-order chi connectivity index (χ1) is 13.9. The highest BCUT2D eigenvalue weighted by Crippen LogP contribution is 2.22. The number of imidazole rings is 1. The predicted molar refractivity (Wildman–Crippen MR) is 111 cm³/mol. The van der Waals surface area contributed by atoms with Crippen molar-refractivity contribution in [2.24, 2.45) is 7.05 Å². The topological polar surface area (TPSA) is 99.4 Å². The number of benzene rings is 1. The van der Waals surface area contributed by atoms with Crippen LogP contribution in [0.1, 0.15) is 12.5 Å². The van der Waals surface area contributed by atoms with Gasteiger partial charge in [0.2, 0.25) is 5.95 Å². The number of H-pyrrole nitrogens is 1.